The normalized spacial score (nSPS) is 18.0. The number of ether oxygens (including phenoxy) is 2. The summed E-state index contributed by atoms with van der Waals surface area (Å²) in [6, 6.07) is 3.07. The van der Waals surface area contributed by atoms with Gasteiger partial charge in [0, 0.05) is 0 Å². The number of hydrogen-bond acceptors (Lipinski definition) is 9. The number of aromatic hydroxyl groups is 1. The summed E-state index contributed by atoms with van der Waals surface area (Å²) in [6.07, 6.45) is -0.659. The van der Waals surface area contributed by atoms with Gasteiger partial charge in [0.05, 0.1) is 31.5 Å². The number of rotatable bonds is 4. The smallest absolute Gasteiger partial charge is 0.339 e. The van der Waals surface area contributed by atoms with E-state index in [-0.39, 0.29) is 33.8 Å². The Morgan fingerprint density at radius 1 is 1.33 bits per heavy atom. The molecule has 0 amide bonds. The Morgan fingerprint density at radius 3 is 2.67 bits per heavy atom. The summed E-state index contributed by atoms with van der Waals surface area (Å²) in [5.74, 6) is -2.00. The van der Waals surface area contributed by atoms with Crippen LogP contribution in [-0.4, -0.2) is 47.2 Å². The highest BCUT2D eigenvalue weighted by molar-refractivity contribution is 8.00. The number of carbonyl (C=O) groups excluding carboxylic acids is 2. The van der Waals surface area contributed by atoms with Crippen molar-refractivity contribution in [3.63, 3.8) is 0 Å². The van der Waals surface area contributed by atoms with Crippen molar-refractivity contribution in [2.45, 2.75) is 35.7 Å². The van der Waals surface area contributed by atoms with Gasteiger partial charge in [0.2, 0.25) is 5.43 Å². The Bertz CT molecular complexity index is 995. The first-order valence-electron chi connectivity index (χ1n) is 8.04. The molecule has 0 saturated heterocycles. The third-order valence-corrected chi connectivity index (χ3v) is 5.91. The van der Waals surface area contributed by atoms with Crippen molar-refractivity contribution < 1.29 is 33.7 Å². The van der Waals surface area contributed by atoms with Crippen molar-refractivity contribution in [3.05, 3.63) is 33.5 Å². The number of aliphatic hydroxyl groups is 1. The summed E-state index contributed by atoms with van der Waals surface area (Å²) >= 11 is 0.973. The molecule has 0 spiro atoms. The average Bonchev–Trinajstić information content (AvgIpc) is 3.05. The molecule has 1 unspecified atom stereocenters. The van der Waals surface area contributed by atoms with Gasteiger partial charge in [-0.05, 0) is 31.0 Å². The molecule has 27 heavy (non-hydrogen) atoms. The second-order valence-electron chi connectivity index (χ2n) is 6.33. The van der Waals surface area contributed by atoms with E-state index in [4.69, 9.17) is 4.42 Å². The van der Waals surface area contributed by atoms with Crippen molar-refractivity contribution >= 4 is 34.7 Å². The Labute approximate surface area is 158 Å². The Kier molecular flexibility index (Phi) is 4.92. The summed E-state index contributed by atoms with van der Waals surface area (Å²) in [7, 11) is 2.23. The molecule has 144 valence electrons. The lowest BCUT2D eigenvalue weighted by molar-refractivity contribution is -0.169. The van der Waals surface area contributed by atoms with Crippen LogP contribution in [0.3, 0.4) is 0 Å². The summed E-state index contributed by atoms with van der Waals surface area (Å²) in [5, 5.41) is 20.4. The van der Waals surface area contributed by atoms with E-state index >= 15 is 0 Å². The first-order valence-corrected chi connectivity index (χ1v) is 8.92. The topological polar surface area (TPSA) is 123 Å². The number of methoxy groups -OCH3 is 2. The van der Waals surface area contributed by atoms with Crippen molar-refractivity contribution in [2.75, 3.05) is 14.2 Å². The number of benzene rings is 1. The zero-order chi connectivity index (χ0) is 19.9. The zero-order valence-electron chi connectivity index (χ0n) is 14.9. The van der Waals surface area contributed by atoms with Crippen molar-refractivity contribution in [1.82, 2.24) is 0 Å². The van der Waals surface area contributed by atoms with E-state index in [2.05, 4.69) is 9.47 Å². The average molecular weight is 394 g/mol. The van der Waals surface area contributed by atoms with Crippen LogP contribution in [0.25, 0.3) is 11.0 Å². The van der Waals surface area contributed by atoms with Gasteiger partial charge >= 0.3 is 11.9 Å². The molecule has 2 atom stereocenters. The molecule has 0 aliphatic carbocycles. The molecular formula is C18H18O8S. The van der Waals surface area contributed by atoms with Gasteiger partial charge in [0.15, 0.2) is 10.7 Å². The molecule has 3 rings (SSSR count). The van der Waals surface area contributed by atoms with E-state index in [0.29, 0.717) is 5.56 Å². The van der Waals surface area contributed by atoms with Crippen molar-refractivity contribution in [2.24, 2.45) is 0 Å². The highest BCUT2D eigenvalue weighted by Crippen LogP contribution is 2.44. The van der Waals surface area contributed by atoms with E-state index in [1.54, 1.807) is 13.0 Å². The molecule has 1 aromatic heterocycles. The monoisotopic (exact) mass is 394 g/mol. The number of thioether (sulfide) groups is 1. The van der Waals surface area contributed by atoms with Crippen LogP contribution in [-0.2, 0) is 25.5 Å². The molecule has 0 fully saturated rings. The van der Waals surface area contributed by atoms with Crippen LogP contribution in [0.2, 0.25) is 0 Å². The summed E-state index contributed by atoms with van der Waals surface area (Å²) < 4.78 is 15.0. The predicted octanol–water partition coefficient (Wildman–Crippen LogP) is 1.29. The molecule has 2 aromatic rings. The number of fused-ring (bicyclic) bond motifs is 2. The zero-order valence-corrected chi connectivity index (χ0v) is 15.7. The standard InChI is InChI=1S/C18H18O8S/c1-8-4-10(19)14-11(5-8)26-16-9(15(14)21)6-12(27-16)18(23,17(22)25-3)7-13(20)24-2/h4-5,12,19,23H,6-7H2,1-3H3/t12?,18-/m1/s1. The maximum Gasteiger partial charge on any atom is 0.339 e. The molecule has 8 nitrogen and oxygen atoms in total. The summed E-state index contributed by atoms with van der Waals surface area (Å²) in [6.45, 7) is 1.74. The fourth-order valence-electron chi connectivity index (χ4n) is 3.13. The van der Waals surface area contributed by atoms with E-state index < -0.39 is 34.6 Å². The molecule has 0 saturated carbocycles. The molecule has 2 N–H and O–H groups in total. The lowest BCUT2D eigenvalue weighted by atomic mass is 9.91. The van der Waals surface area contributed by atoms with Crippen LogP contribution in [0.1, 0.15) is 17.5 Å². The number of esters is 2. The number of hydrogen-bond donors (Lipinski definition) is 2. The first kappa shape index (κ1) is 19.2. The van der Waals surface area contributed by atoms with E-state index in [1.165, 1.54) is 6.07 Å². The van der Waals surface area contributed by atoms with E-state index in [1.807, 2.05) is 0 Å². The van der Waals surface area contributed by atoms with E-state index in [9.17, 15) is 24.6 Å². The minimum Gasteiger partial charge on any atom is -0.507 e. The minimum atomic E-state index is -2.20. The van der Waals surface area contributed by atoms with Crippen LogP contribution >= 0.6 is 11.8 Å². The Balaban J connectivity index is 2.08. The van der Waals surface area contributed by atoms with Gasteiger partial charge in [-0.25, -0.2) is 4.79 Å². The second-order valence-corrected chi connectivity index (χ2v) is 7.51. The lowest BCUT2D eigenvalue weighted by Crippen LogP contribution is -2.50. The quantitative estimate of drug-likeness (QED) is 0.738. The Morgan fingerprint density at radius 2 is 2.04 bits per heavy atom. The van der Waals surface area contributed by atoms with Gasteiger partial charge in [0.1, 0.15) is 16.7 Å². The molecule has 9 heteroatoms. The third-order valence-electron chi connectivity index (χ3n) is 4.53. The molecule has 2 heterocycles. The number of phenolic OH excluding ortho intramolecular Hbond substituents is 1. The minimum absolute atomic E-state index is 0.0335. The molecule has 0 bridgehead atoms. The van der Waals surface area contributed by atoms with Crippen molar-refractivity contribution in [3.8, 4) is 5.75 Å². The van der Waals surface area contributed by atoms with Gasteiger partial charge in [0.25, 0.3) is 0 Å². The summed E-state index contributed by atoms with van der Waals surface area (Å²) in [5.41, 5.74) is -1.50. The summed E-state index contributed by atoms with van der Waals surface area (Å²) in [4.78, 5) is 36.7. The van der Waals surface area contributed by atoms with Crippen molar-refractivity contribution in [1.29, 1.82) is 0 Å². The van der Waals surface area contributed by atoms with Crippen LogP contribution < -0.4 is 5.43 Å². The molecule has 1 aromatic carbocycles. The van der Waals surface area contributed by atoms with E-state index in [0.717, 1.165) is 26.0 Å². The van der Waals surface area contributed by atoms with Crippen LogP contribution in [0.15, 0.2) is 26.4 Å². The molecule has 0 radical (unpaired) electrons. The largest absolute Gasteiger partial charge is 0.507 e. The fourth-order valence-corrected chi connectivity index (χ4v) is 4.47. The number of aryl methyl sites for hydroxylation is 1. The van der Waals surface area contributed by atoms with Gasteiger partial charge in [-0.15, -0.1) is 0 Å². The molecular weight excluding hydrogens is 376 g/mol. The highest BCUT2D eigenvalue weighted by atomic mass is 32.2. The third kappa shape index (κ3) is 3.17. The SMILES string of the molecule is COC(=O)C[C@](O)(C(=O)OC)C1Cc2c(oc3cc(C)cc(O)c3c2=O)S1. The molecule has 1 aliphatic heterocycles. The van der Waals surface area contributed by atoms with Gasteiger partial charge in [-0.2, -0.15) is 0 Å². The predicted molar refractivity (Wildman–Crippen MR) is 95.8 cm³/mol. The second kappa shape index (κ2) is 6.90. The maximum absolute atomic E-state index is 12.8. The molecule has 1 aliphatic rings. The van der Waals surface area contributed by atoms with Crippen LogP contribution in [0.4, 0.5) is 0 Å². The van der Waals surface area contributed by atoms with Gasteiger partial charge in [-0.3, -0.25) is 9.59 Å². The maximum atomic E-state index is 12.8. The fraction of sp³-hybridized carbons (Fsp3) is 0.389. The highest BCUT2D eigenvalue weighted by Gasteiger charge is 2.51. The van der Waals surface area contributed by atoms with Crippen LogP contribution in [0, 0.1) is 6.92 Å². The Hall–Kier alpha value is -2.52. The van der Waals surface area contributed by atoms with Crippen LogP contribution in [0.5, 0.6) is 5.75 Å². The lowest BCUT2D eigenvalue weighted by Gasteiger charge is -2.28. The number of phenols is 1. The van der Waals surface area contributed by atoms with Gasteiger partial charge < -0.3 is 24.1 Å². The number of carbonyl (C=O) groups is 2. The van der Waals surface area contributed by atoms with Gasteiger partial charge in [-0.1, -0.05) is 11.8 Å². The first-order chi connectivity index (χ1) is 12.7.